The summed E-state index contributed by atoms with van der Waals surface area (Å²) in [6.07, 6.45) is 3.42. The molecule has 0 atom stereocenters. The summed E-state index contributed by atoms with van der Waals surface area (Å²) in [5.41, 5.74) is -0.00616. The van der Waals surface area contributed by atoms with E-state index in [2.05, 4.69) is 17.2 Å². The van der Waals surface area contributed by atoms with Gasteiger partial charge in [-0.2, -0.15) is 0 Å². The van der Waals surface area contributed by atoms with E-state index in [0.29, 0.717) is 12.4 Å². The fourth-order valence-electron chi connectivity index (χ4n) is 1.71. The summed E-state index contributed by atoms with van der Waals surface area (Å²) in [7, 11) is 0. The number of hydrogen-bond acceptors (Lipinski definition) is 4. The van der Waals surface area contributed by atoms with Crippen molar-refractivity contribution in [1.82, 2.24) is 14.9 Å². The Morgan fingerprint density at radius 2 is 2.18 bits per heavy atom. The lowest BCUT2D eigenvalue weighted by atomic mass is 10.4. The molecule has 1 aromatic rings. The topological polar surface area (TPSA) is 50.2 Å². The lowest BCUT2D eigenvalue weighted by Gasteiger charge is -2.21. The maximum atomic E-state index is 12.1. The van der Waals surface area contributed by atoms with Crippen LogP contribution in [-0.4, -0.2) is 35.7 Å². The number of aryl methyl sites for hydroxylation is 1. The summed E-state index contributed by atoms with van der Waals surface area (Å²) in [5.74, 6) is 0.551. The normalized spacial score (nSPS) is 10.5. The van der Waals surface area contributed by atoms with E-state index in [9.17, 15) is 4.79 Å². The zero-order chi connectivity index (χ0) is 12.7. The predicted octanol–water partition coefficient (Wildman–Crippen LogP) is 0.699. The largest absolute Gasteiger partial charge is 0.351 e. The summed E-state index contributed by atoms with van der Waals surface area (Å²) in [6.45, 7) is 10.2. The molecule has 0 bridgehead atoms. The van der Waals surface area contributed by atoms with Crippen molar-refractivity contribution in [2.75, 3.05) is 31.1 Å². The van der Waals surface area contributed by atoms with Gasteiger partial charge in [0.15, 0.2) is 5.82 Å². The highest BCUT2D eigenvalue weighted by Gasteiger charge is 2.10. The van der Waals surface area contributed by atoms with E-state index in [1.165, 1.54) is 0 Å². The molecule has 5 nitrogen and oxygen atoms in total. The Balaban J connectivity index is 2.84. The van der Waals surface area contributed by atoms with Gasteiger partial charge in [0.1, 0.15) is 0 Å². The van der Waals surface area contributed by atoms with Gasteiger partial charge in [-0.25, -0.2) is 4.98 Å². The van der Waals surface area contributed by atoms with Crippen LogP contribution in [0, 0.1) is 0 Å². The van der Waals surface area contributed by atoms with E-state index in [1.807, 2.05) is 18.7 Å². The molecule has 0 aliphatic heterocycles. The van der Waals surface area contributed by atoms with Crippen molar-refractivity contribution < 1.29 is 0 Å². The molecule has 0 fully saturated rings. The van der Waals surface area contributed by atoms with Crippen molar-refractivity contribution in [3.05, 3.63) is 22.7 Å². The summed E-state index contributed by atoms with van der Waals surface area (Å²) < 4.78 is 1.68. The first-order valence-corrected chi connectivity index (χ1v) is 6.25. The van der Waals surface area contributed by atoms with E-state index in [0.717, 1.165) is 26.2 Å². The third kappa shape index (κ3) is 3.56. The molecule has 0 saturated heterocycles. The van der Waals surface area contributed by atoms with Crippen LogP contribution in [0.25, 0.3) is 0 Å². The van der Waals surface area contributed by atoms with Crippen LogP contribution in [0.5, 0.6) is 0 Å². The second kappa shape index (κ2) is 7.06. The van der Waals surface area contributed by atoms with Crippen molar-refractivity contribution in [1.29, 1.82) is 0 Å². The Hall–Kier alpha value is -1.36. The van der Waals surface area contributed by atoms with Gasteiger partial charge in [-0.15, -0.1) is 0 Å². The van der Waals surface area contributed by atoms with Crippen LogP contribution in [0.3, 0.4) is 0 Å². The Labute approximate surface area is 102 Å². The number of likely N-dealkylation sites (N-methyl/N-ethyl adjacent to an activating group) is 2. The van der Waals surface area contributed by atoms with Crippen molar-refractivity contribution in [3.63, 3.8) is 0 Å². The van der Waals surface area contributed by atoms with E-state index in [4.69, 9.17) is 0 Å². The van der Waals surface area contributed by atoms with E-state index in [1.54, 1.807) is 17.0 Å². The highest BCUT2D eigenvalue weighted by molar-refractivity contribution is 5.35. The van der Waals surface area contributed by atoms with Gasteiger partial charge in [0, 0.05) is 38.6 Å². The second-order valence-electron chi connectivity index (χ2n) is 3.78. The Bertz CT molecular complexity index is 388. The van der Waals surface area contributed by atoms with Gasteiger partial charge < -0.3 is 14.8 Å². The molecule has 1 rings (SSSR count). The van der Waals surface area contributed by atoms with Gasteiger partial charge >= 0.3 is 0 Å². The number of aromatic nitrogens is 2. The van der Waals surface area contributed by atoms with E-state index < -0.39 is 0 Å². The molecule has 96 valence electrons. The van der Waals surface area contributed by atoms with Gasteiger partial charge in [-0.1, -0.05) is 6.92 Å². The van der Waals surface area contributed by atoms with Crippen molar-refractivity contribution in [2.24, 2.45) is 0 Å². The first-order chi connectivity index (χ1) is 8.24. The second-order valence-corrected chi connectivity index (χ2v) is 3.78. The molecule has 17 heavy (non-hydrogen) atoms. The van der Waals surface area contributed by atoms with Gasteiger partial charge in [0.25, 0.3) is 5.56 Å². The monoisotopic (exact) mass is 238 g/mol. The van der Waals surface area contributed by atoms with Crippen LogP contribution in [0.15, 0.2) is 17.2 Å². The van der Waals surface area contributed by atoms with E-state index in [-0.39, 0.29) is 5.56 Å². The third-order valence-corrected chi connectivity index (χ3v) is 2.73. The van der Waals surface area contributed by atoms with Crippen LogP contribution in [0.1, 0.15) is 20.8 Å². The average Bonchev–Trinajstić information content (AvgIpc) is 2.36. The molecule has 1 heterocycles. The fraction of sp³-hybridized carbons (Fsp3) is 0.667. The van der Waals surface area contributed by atoms with Crippen LogP contribution >= 0.6 is 0 Å². The lowest BCUT2D eigenvalue weighted by molar-refractivity contribution is 0.665. The first-order valence-electron chi connectivity index (χ1n) is 6.25. The van der Waals surface area contributed by atoms with Gasteiger partial charge in [-0.3, -0.25) is 4.79 Å². The zero-order valence-corrected chi connectivity index (χ0v) is 10.9. The molecule has 1 N–H and O–H groups in total. The summed E-state index contributed by atoms with van der Waals surface area (Å²) in [6, 6.07) is 0. The molecular formula is C12H22N4O. The van der Waals surface area contributed by atoms with E-state index >= 15 is 0 Å². The smallest absolute Gasteiger partial charge is 0.293 e. The molecule has 0 spiro atoms. The van der Waals surface area contributed by atoms with Gasteiger partial charge in [0.05, 0.1) is 0 Å². The molecule has 0 aliphatic carbocycles. The molecule has 0 amide bonds. The number of anilines is 1. The minimum atomic E-state index is -0.00616. The molecular weight excluding hydrogens is 216 g/mol. The standard InChI is InChI=1S/C12H22N4O/c1-4-13-7-9-15(5-2)11-12(17)16(6-3)10-8-14-11/h8,10,13H,4-7,9H2,1-3H3. The Morgan fingerprint density at radius 3 is 2.76 bits per heavy atom. The van der Waals surface area contributed by atoms with Crippen molar-refractivity contribution >= 4 is 5.82 Å². The molecule has 1 aromatic heterocycles. The fourth-order valence-corrected chi connectivity index (χ4v) is 1.71. The Kier molecular flexibility index (Phi) is 5.69. The minimum Gasteiger partial charge on any atom is -0.351 e. The third-order valence-electron chi connectivity index (χ3n) is 2.73. The van der Waals surface area contributed by atoms with Crippen molar-refractivity contribution in [3.8, 4) is 0 Å². The van der Waals surface area contributed by atoms with Crippen LogP contribution in [0.2, 0.25) is 0 Å². The summed E-state index contributed by atoms with van der Waals surface area (Å²) >= 11 is 0. The molecule has 0 unspecified atom stereocenters. The quantitative estimate of drug-likeness (QED) is 0.710. The number of rotatable bonds is 7. The highest BCUT2D eigenvalue weighted by atomic mass is 16.1. The van der Waals surface area contributed by atoms with Gasteiger partial charge in [-0.05, 0) is 20.4 Å². The minimum absolute atomic E-state index is 0.00616. The lowest BCUT2D eigenvalue weighted by Crippen LogP contribution is -2.37. The molecule has 5 heteroatoms. The number of hydrogen-bond donors (Lipinski definition) is 1. The van der Waals surface area contributed by atoms with Crippen molar-refractivity contribution in [2.45, 2.75) is 27.3 Å². The maximum Gasteiger partial charge on any atom is 0.293 e. The van der Waals surface area contributed by atoms with Crippen LogP contribution < -0.4 is 15.8 Å². The van der Waals surface area contributed by atoms with Crippen LogP contribution in [0.4, 0.5) is 5.82 Å². The first kappa shape index (κ1) is 13.7. The number of nitrogens with one attached hydrogen (secondary N) is 1. The molecule has 0 aromatic carbocycles. The SMILES string of the molecule is CCNCCN(CC)c1nccn(CC)c1=O. The molecule has 0 saturated carbocycles. The predicted molar refractivity (Wildman–Crippen MR) is 70.6 cm³/mol. The molecule has 0 radical (unpaired) electrons. The summed E-state index contributed by atoms with van der Waals surface area (Å²) in [4.78, 5) is 18.3. The highest BCUT2D eigenvalue weighted by Crippen LogP contribution is 2.02. The zero-order valence-electron chi connectivity index (χ0n) is 10.9. The van der Waals surface area contributed by atoms with Gasteiger partial charge in [0.2, 0.25) is 0 Å². The summed E-state index contributed by atoms with van der Waals surface area (Å²) in [5, 5.41) is 3.25. The average molecular weight is 238 g/mol. The maximum absolute atomic E-state index is 12.1. The van der Waals surface area contributed by atoms with Crippen LogP contribution in [-0.2, 0) is 6.54 Å². The number of nitrogens with zero attached hydrogens (tertiary/aromatic N) is 3. The molecule has 0 aliphatic rings. The Morgan fingerprint density at radius 1 is 1.41 bits per heavy atom.